The molecule has 0 aliphatic carbocycles. The van der Waals surface area contributed by atoms with Gasteiger partial charge in [0.25, 0.3) is 0 Å². The van der Waals surface area contributed by atoms with Crippen molar-refractivity contribution in [1.82, 2.24) is 25.2 Å². The average molecular weight is 690 g/mol. The zero-order chi connectivity index (χ0) is 34.6. The number of hydrogen-bond donors (Lipinski definition) is 5. The number of piperidine rings is 1. The van der Waals surface area contributed by atoms with Crippen molar-refractivity contribution in [3.05, 3.63) is 75.6 Å². The van der Waals surface area contributed by atoms with Crippen LogP contribution in [0, 0.1) is 11.2 Å². The number of nitrogens with zero attached hydrogens (tertiary/aromatic N) is 2. The van der Waals surface area contributed by atoms with Gasteiger partial charge in [0.15, 0.2) is 0 Å². The lowest BCUT2D eigenvalue weighted by Gasteiger charge is -2.32. The Morgan fingerprint density at radius 1 is 1.23 bits per heavy atom. The molecule has 1 aliphatic heterocycles. The topological polar surface area (TPSA) is 125 Å². The number of nitrogens with two attached hydrogens (primary N) is 1. The molecule has 0 spiro atoms. The molecule has 0 amide bonds. The number of aromatic amines is 1. The van der Waals surface area contributed by atoms with Crippen molar-refractivity contribution in [3.8, 4) is 16.9 Å². The first-order chi connectivity index (χ1) is 22.9. The lowest BCUT2D eigenvalue weighted by Crippen LogP contribution is -2.39. The van der Waals surface area contributed by atoms with Crippen molar-refractivity contribution in [2.24, 2.45) is 5.73 Å². The summed E-state index contributed by atoms with van der Waals surface area (Å²) in [5.41, 5.74) is 5.39. The highest BCUT2D eigenvalue weighted by molar-refractivity contribution is 7.98. The summed E-state index contributed by atoms with van der Waals surface area (Å²) in [4.78, 5) is 21.2. The Morgan fingerprint density at radius 3 is 2.73 bits per heavy atom. The molecule has 2 aromatic heterocycles. The summed E-state index contributed by atoms with van der Waals surface area (Å²) in [6, 6.07) is 9.09. The van der Waals surface area contributed by atoms with Gasteiger partial charge in [-0.05, 0) is 93.2 Å². The van der Waals surface area contributed by atoms with Crippen molar-refractivity contribution in [2.75, 3.05) is 19.5 Å². The maximum absolute atomic E-state index is 15.4. The van der Waals surface area contributed by atoms with E-state index >= 15 is 4.39 Å². The van der Waals surface area contributed by atoms with E-state index in [1.807, 2.05) is 24.5 Å². The third-order valence-corrected chi connectivity index (χ3v) is 9.50. The highest BCUT2D eigenvalue weighted by Crippen LogP contribution is 2.38. The molecule has 0 saturated carbocycles. The Balaban J connectivity index is 1.44. The van der Waals surface area contributed by atoms with Gasteiger partial charge in [-0.25, -0.2) is 13.6 Å². The molecule has 48 heavy (non-hydrogen) atoms. The molecule has 8 nitrogen and oxygen atoms in total. The second-order valence-electron chi connectivity index (χ2n) is 12.3. The van der Waals surface area contributed by atoms with Gasteiger partial charge in [-0.2, -0.15) is 18.2 Å². The van der Waals surface area contributed by atoms with Crippen molar-refractivity contribution in [1.29, 1.82) is 5.41 Å². The van der Waals surface area contributed by atoms with Gasteiger partial charge in [-0.15, -0.1) is 11.8 Å². The molecule has 0 unspecified atom stereocenters. The number of hydrogen-bond acceptors (Lipinski definition) is 6. The van der Waals surface area contributed by atoms with Crippen LogP contribution in [0.5, 0.6) is 0 Å². The smallest absolute Gasteiger partial charge is 0.374 e. The first-order valence-electron chi connectivity index (χ1n) is 15.9. The highest BCUT2D eigenvalue weighted by atomic mass is 32.2. The number of rotatable bonds is 12. The SMILES string of the molecule is CSc1cc(-n2cc3cc(-c4cc(CCC[C@@H](N)CF)cc(C(F)(F)F)c4F)[nH]c3nc2=O)ccc1[C@@H]1CCC[C@@H](CCNC(C)=N)N1. The Morgan fingerprint density at radius 2 is 2.02 bits per heavy atom. The number of aromatic nitrogens is 3. The minimum Gasteiger partial charge on any atom is -0.374 e. The zero-order valence-corrected chi connectivity index (χ0v) is 27.6. The number of fused-ring (bicyclic) bond motifs is 1. The molecular weight excluding hydrogens is 649 g/mol. The average Bonchev–Trinajstić information content (AvgIpc) is 3.46. The first kappa shape index (κ1) is 35.6. The van der Waals surface area contributed by atoms with Gasteiger partial charge in [0.05, 0.1) is 22.8 Å². The van der Waals surface area contributed by atoms with E-state index in [0.717, 1.165) is 48.8 Å². The van der Waals surface area contributed by atoms with Crippen LogP contribution in [-0.2, 0) is 12.6 Å². The largest absolute Gasteiger partial charge is 0.419 e. The van der Waals surface area contributed by atoms with Crippen LogP contribution in [0.2, 0.25) is 0 Å². The van der Waals surface area contributed by atoms with Crippen LogP contribution in [-0.4, -0.2) is 51.9 Å². The molecule has 3 atom stereocenters. The molecule has 5 rings (SSSR count). The molecule has 3 heterocycles. The molecular formula is C34H40F5N7OS. The maximum atomic E-state index is 15.4. The van der Waals surface area contributed by atoms with E-state index in [-0.39, 0.29) is 41.4 Å². The first-order valence-corrected chi connectivity index (χ1v) is 17.2. The van der Waals surface area contributed by atoms with E-state index in [1.54, 1.807) is 24.9 Å². The summed E-state index contributed by atoms with van der Waals surface area (Å²) in [7, 11) is 0. The summed E-state index contributed by atoms with van der Waals surface area (Å²) in [6.45, 7) is 1.71. The number of amidine groups is 1. The molecule has 0 bridgehead atoms. The predicted octanol–water partition coefficient (Wildman–Crippen LogP) is 7.04. The molecule has 1 aliphatic rings. The van der Waals surface area contributed by atoms with Crippen LogP contribution in [0.3, 0.4) is 0 Å². The summed E-state index contributed by atoms with van der Waals surface area (Å²) in [6.07, 6.45) is 3.33. The summed E-state index contributed by atoms with van der Waals surface area (Å²) >= 11 is 1.56. The number of H-pyrrole nitrogens is 1. The van der Waals surface area contributed by atoms with Gasteiger partial charge >= 0.3 is 11.9 Å². The fraction of sp³-hybridized carbons (Fsp3) is 0.441. The van der Waals surface area contributed by atoms with E-state index in [2.05, 4.69) is 20.6 Å². The third kappa shape index (κ3) is 8.27. The molecule has 14 heteroatoms. The van der Waals surface area contributed by atoms with Crippen molar-refractivity contribution in [2.45, 2.75) is 81.1 Å². The van der Waals surface area contributed by atoms with E-state index in [0.29, 0.717) is 29.4 Å². The molecule has 4 aromatic rings. The van der Waals surface area contributed by atoms with Gasteiger partial charge in [-0.1, -0.05) is 12.5 Å². The molecule has 6 N–H and O–H groups in total. The molecule has 258 valence electrons. The van der Waals surface area contributed by atoms with Crippen molar-refractivity contribution >= 4 is 28.6 Å². The number of benzene rings is 2. The molecule has 2 aromatic carbocycles. The van der Waals surface area contributed by atoms with E-state index in [9.17, 15) is 22.4 Å². The van der Waals surface area contributed by atoms with Crippen LogP contribution in [0.15, 0.2) is 52.3 Å². The summed E-state index contributed by atoms with van der Waals surface area (Å²) in [5, 5.41) is 14.8. The van der Waals surface area contributed by atoms with Crippen LogP contribution in [0.4, 0.5) is 22.0 Å². The lowest BCUT2D eigenvalue weighted by molar-refractivity contribution is -0.140. The van der Waals surface area contributed by atoms with Gasteiger partial charge in [0.1, 0.15) is 18.1 Å². The minimum absolute atomic E-state index is 0.0454. The van der Waals surface area contributed by atoms with Gasteiger partial charge in [-0.3, -0.25) is 9.98 Å². The Hall–Kier alpha value is -3.75. The number of halogens is 5. The molecule has 1 saturated heterocycles. The third-order valence-electron chi connectivity index (χ3n) is 8.71. The molecule has 1 fully saturated rings. The monoisotopic (exact) mass is 689 g/mol. The number of aryl methyl sites for hydroxylation is 1. The summed E-state index contributed by atoms with van der Waals surface area (Å²) in [5.74, 6) is -0.990. The quantitative estimate of drug-likeness (QED) is 0.0471. The van der Waals surface area contributed by atoms with Gasteiger partial charge < -0.3 is 21.4 Å². The second-order valence-corrected chi connectivity index (χ2v) is 13.2. The van der Waals surface area contributed by atoms with E-state index < -0.39 is 36.0 Å². The molecule has 0 radical (unpaired) electrons. The van der Waals surface area contributed by atoms with Crippen LogP contribution >= 0.6 is 11.8 Å². The second kappa shape index (κ2) is 15.2. The maximum Gasteiger partial charge on any atom is 0.419 e. The van der Waals surface area contributed by atoms with E-state index in [4.69, 9.17) is 11.1 Å². The minimum atomic E-state index is -4.94. The van der Waals surface area contributed by atoms with Crippen LogP contribution in [0.25, 0.3) is 28.0 Å². The fourth-order valence-corrected chi connectivity index (χ4v) is 6.95. The number of alkyl halides is 4. The van der Waals surface area contributed by atoms with Gasteiger partial charge in [0, 0.05) is 46.7 Å². The lowest BCUT2D eigenvalue weighted by atomic mass is 9.92. The zero-order valence-electron chi connectivity index (χ0n) is 26.8. The van der Waals surface area contributed by atoms with Crippen LogP contribution < -0.4 is 22.1 Å². The van der Waals surface area contributed by atoms with Crippen molar-refractivity contribution in [3.63, 3.8) is 0 Å². The standard InChI is InChI=1S/C34H40F5N7OS/c1-19(40)42-12-11-23-7-4-8-28(43-23)25-10-9-24(16-30(25)48-2)46-18-21-15-29(44-32(21)45-33(46)47)26-13-20(5-3-6-22(41)17-35)14-27(31(26)36)34(37,38)39/h9-10,13-16,18,22-23,28,43H,3-8,11-12,17,41H2,1-2H3,(H2,40,42)(H,44,45,47)/t22-,23+,28+/m1/s1. The normalized spacial score (nSPS) is 17.5. The van der Waals surface area contributed by atoms with E-state index in [1.165, 1.54) is 16.7 Å². The van der Waals surface area contributed by atoms with Crippen molar-refractivity contribution < 1.29 is 22.0 Å². The Labute approximate surface area is 279 Å². The fourth-order valence-electron chi connectivity index (χ4n) is 6.26. The van der Waals surface area contributed by atoms with Crippen LogP contribution in [0.1, 0.15) is 68.2 Å². The highest BCUT2D eigenvalue weighted by Gasteiger charge is 2.36. The predicted molar refractivity (Wildman–Crippen MR) is 180 cm³/mol. The number of thioether (sulfide) groups is 1. The van der Waals surface area contributed by atoms with Gasteiger partial charge in [0.2, 0.25) is 0 Å². The number of nitrogens with one attached hydrogen (secondary N) is 4. The Kier molecular flexibility index (Phi) is 11.3. The Bertz CT molecular complexity index is 1820. The summed E-state index contributed by atoms with van der Waals surface area (Å²) < 4.78 is 71.0.